The Hall–Kier alpha value is -0.300. The Labute approximate surface area is 120 Å². The summed E-state index contributed by atoms with van der Waals surface area (Å²) >= 11 is 0. The van der Waals surface area contributed by atoms with E-state index >= 15 is 0 Å². The first kappa shape index (κ1) is 16.8. The first-order valence-corrected chi connectivity index (χ1v) is 8.68. The third-order valence-electron chi connectivity index (χ3n) is 4.11. The van der Waals surface area contributed by atoms with Gasteiger partial charge in [0.2, 0.25) is 0 Å². The highest BCUT2D eigenvalue weighted by Crippen LogP contribution is 2.22. The van der Waals surface area contributed by atoms with Crippen LogP contribution in [0.15, 0.2) is 12.2 Å². The minimum atomic E-state index is 0.909. The molecule has 0 aromatic carbocycles. The zero-order chi connectivity index (χ0) is 13.6. The summed E-state index contributed by atoms with van der Waals surface area (Å²) < 4.78 is 4.94. The molecule has 0 amide bonds. The van der Waals surface area contributed by atoms with E-state index in [1.54, 1.807) is 0 Å². The molecule has 2 rings (SSSR count). The molecule has 0 aromatic rings. The SMILES string of the molecule is C1CCOC1.CCCCCCC1/C=C\CCCCC1. The van der Waals surface area contributed by atoms with E-state index in [1.165, 1.54) is 77.0 Å². The molecule has 0 aromatic heterocycles. The number of unbranched alkanes of at least 4 members (excludes halogenated alkanes) is 3. The lowest BCUT2D eigenvalue weighted by Crippen LogP contribution is -1.99. The standard InChI is InChI=1S/C14H26.C4H8O/c1-2-3-4-8-11-14-12-9-6-5-7-10-13-14;1-2-4-5-3-1/h9,12,14H,2-8,10-11,13H2,1H3;1-4H2/b12-9-;. The van der Waals surface area contributed by atoms with Gasteiger partial charge in [-0.05, 0) is 44.4 Å². The normalized spacial score (nSPS) is 25.0. The van der Waals surface area contributed by atoms with E-state index in [-0.39, 0.29) is 0 Å². The summed E-state index contributed by atoms with van der Waals surface area (Å²) in [6.07, 6.45) is 21.7. The average molecular weight is 266 g/mol. The van der Waals surface area contributed by atoms with Crippen LogP contribution in [0.3, 0.4) is 0 Å². The molecule has 0 saturated carbocycles. The first-order valence-electron chi connectivity index (χ1n) is 8.68. The second-order valence-electron chi connectivity index (χ2n) is 6.00. The topological polar surface area (TPSA) is 9.23 Å². The van der Waals surface area contributed by atoms with Crippen LogP contribution in [0, 0.1) is 5.92 Å². The number of hydrogen-bond donors (Lipinski definition) is 0. The number of allylic oxidation sites excluding steroid dienone is 2. The molecular formula is C18H34O. The molecule has 0 spiro atoms. The van der Waals surface area contributed by atoms with Crippen molar-refractivity contribution in [3.8, 4) is 0 Å². The Bertz CT molecular complexity index is 198. The van der Waals surface area contributed by atoms with Crippen molar-refractivity contribution in [2.45, 2.75) is 84.0 Å². The maximum atomic E-state index is 4.94. The maximum absolute atomic E-state index is 4.94. The summed E-state index contributed by atoms with van der Waals surface area (Å²) in [5, 5.41) is 0. The van der Waals surface area contributed by atoms with E-state index in [9.17, 15) is 0 Å². The molecule has 1 aliphatic heterocycles. The fourth-order valence-electron chi connectivity index (χ4n) is 2.81. The van der Waals surface area contributed by atoms with Crippen LogP contribution in [0.5, 0.6) is 0 Å². The zero-order valence-electron chi connectivity index (χ0n) is 13.0. The minimum Gasteiger partial charge on any atom is -0.381 e. The molecule has 1 aliphatic carbocycles. The maximum Gasteiger partial charge on any atom is 0.0466 e. The van der Waals surface area contributed by atoms with Gasteiger partial charge >= 0.3 is 0 Å². The first-order chi connectivity index (χ1) is 9.43. The van der Waals surface area contributed by atoms with Crippen molar-refractivity contribution in [2.24, 2.45) is 5.92 Å². The summed E-state index contributed by atoms with van der Waals surface area (Å²) in [4.78, 5) is 0. The molecule has 1 nitrogen and oxygen atoms in total. The molecule has 1 atom stereocenters. The fraction of sp³-hybridized carbons (Fsp3) is 0.889. The molecule has 1 saturated heterocycles. The predicted octanol–water partition coefficient (Wildman–Crippen LogP) is 5.89. The zero-order valence-corrected chi connectivity index (χ0v) is 13.0. The van der Waals surface area contributed by atoms with Gasteiger partial charge in [0.15, 0.2) is 0 Å². The smallest absolute Gasteiger partial charge is 0.0466 e. The average Bonchev–Trinajstić information content (AvgIpc) is 2.95. The Balaban J connectivity index is 0.000000300. The van der Waals surface area contributed by atoms with Crippen LogP contribution < -0.4 is 0 Å². The number of hydrogen-bond acceptors (Lipinski definition) is 1. The second-order valence-corrected chi connectivity index (χ2v) is 6.00. The van der Waals surface area contributed by atoms with Gasteiger partial charge in [-0.1, -0.05) is 57.6 Å². The van der Waals surface area contributed by atoms with E-state index < -0.39 is 0 Å². The third-order valence-corrected chi connectivity index (χ3v) is 4.11. The molecule has 1 heterocycles. The monoisotopic (exact) mass is 266 g/mol. The van der Waals surface area contributed by atoms with Crippen LogP contribution >= 0.6 is 0 Å². The van der Waals surface area contributed by atoms with Crippen molar-refractivity contribution in [3.05, 3.63) is 12.2 Å². The molecule has 0 bridgehead atoms. The van der Waals surface area contributed by atoms with Gasteiger partial charge in [-0.25, -0.2) is 0 Å². The van der Waals surface area contributed by atoms with Gasteiger partial charge in [0.25, 0.3) is 0 Å². The molecule has 1 fully saturated rings. The molecule has 2 aliphatic rings. The van der Waals surface area contributed by atoms with E-state index in [0.717, 1.165) is 19.1 Å². The van der Waals surface area contributed by atoms with E-state index in [4.69, 9.17) is 4.74 Å². The van der Waals surface area contributed by atoms with Gasteiger partial charge in [-0.3, -0.25) is 0 Å². The predicted molar refractivity (Wildman–Crippen MR) is 84.5 cm³/mol. The second kappa shape index (κ2) is 12.7. The van der Waals surface area contributed by atoms with Crippen LogP contribution in [-0.4, -0.2) is 13.2 Å². The summed E-state index contributed by atoms with van der Waals surface area (Å²) in [6.45, 7) is 4.29. The largest absolute Gasteiger partial charge is 0.381 e. The van der Waals surface area contributed by atoms with Crippen molar-refractivity contribution in [2.75, 3.05) is 13.2 Å². The molecule has 19 heavy (non-hydrogen) atoms. The summed E-state index contributed by atoms with van der Waals surface area (Å²) in [5.41, 5.74) is 0. The van der Waals surface area contributed by atoms with Crippen LogP contribution in [0.1, 0.15) is 84.0 Å². The van der Waals surface area contributed by atoms with Crippen molar-refractivity contribution in [3.63, 3.8) is 0 Å². The van der Waals surface area contributed by atoms with Crippen molar-refractivity contribution < 1.29 is 4.74 Å². The Morgan fingerprint density at radius 1 is 0.947 bits per heavy atom. The van der Waals surface area contributed by atoms with Crippen molar-refractivity contribution in [1.82, 2.24) is 0 Å². The summed E-state index contributed by atoms with van der Waals surface area (Å²) in [5.74, 6) is 0.909. The molecular weight excluding hydrogens is 232 g/mol. The van der Waals surface area contributed by atoms with E-state index in [0.29, 0.717) is 0 Å². The minimum absolute atomic E-state index is 0.909. The number of rotatable bonds is 5. The van der Waals surface area contributed by atoms with Crippen LogP contribution in [0.25, 0.3) is 0 Å². The van der Waals surface area contributed by atoms with Gasteiger partial charge in [0.05, 0.1) is 0 Å². The van der Waals surface area contributed by atoms with Gasteiger partial charge in [0.1, 0.15) is 0 Å². The molecule has 0 N–H and O–H groups in total. The van der Waals surface area contributed by atoms with Crippen LogP contribution in [0.4, 0.5) is 0 Å². The van der Waals surface area contributed by atoms with E-state index in [1.807, 2.05) is 0 Å². The lowest BCUT2D eigenvalue weighted by Gasteiger charge is -2.14. The highest BCUT2D eigenvalue weighted by molar-refractivity contribution is 4.89. The van der Waals surface area contributed by atoms with E-state index in [2.05, 4.69) is 19.1 Å². The van der Waals surface area contributed by atoms with Gasteiger partial charge in [-0.15, -0.1) is 0 Å². The Morgan fingerprint density at radius 2 is 1.79 bits per heavy atom. The van der Waals surface area contributed by atoms with Gasteiger partial charge in [0, 0.05) is 13.2 Å². The summed E-state index contributed by atoms with van der Waals surface area (Å²) in [6, 6.07) is 0. The molecule has 1 unspecified atom stereocenters. The Kier molecular flexibility index (Phi) is 11.2. The molecule has 1 heteroatoms. The highest BCUT2D eigenvalue weighted by Gasteiger charge is 2.06. The fourth-order valence-corrected chi connectivity index (χ4v) is 2.81. The Morgan fingerprint density at radius 3 is 2.47 bits per heavy atom. The lowest BCUT2D eigenvalue weighted by molar-refractivity contribution is 0.198. The molecule has 112 valence electrons. The quantitative estimate of drug-likeness (QED) is 0.445. The van der Waals surface area contributed by atoms with Gasteiger partial charge < -0.3 is 4.74 Å². The lowest BCUT2D eigenvalue weighted by atomic mass is 9.92. The van der Waals surface area contributed by atoms with Crippen molar-refractivity contribution >= 4 is 0 Å². The van der Waals surface area contributed by atoms with Crippen LogP contribution in [0.2, 0.25) is 0 Å². The van der Waals surface area contributed by atoms with Gasteiger partial charge in [-0.2, -0.15) is 0 Å². The highest BCUT2D eigenvalue weighted by atomic mass is 16.5. The third kappa shape index (κ3) is 10.2. The number of ether oxygens (including phenoxy) is 1. The molecule has 0 radical (unpaired) electrons. The van der Waals surface area contributed by atoms with Crippen molar-refractivity contribution in [1.29, 1.82) is 0 Å². The van der Waals surface area contributed by atoms with Crippen LogP contribution in [-0.2, 0) is 4.74 Å². The summed E-state index contributed by atoms with van der Waals surface area (Å²) in [7, 11) is 0.